The first-order chi connectivity index (χ1) is 14.9. The van der Waals surface area contributed by atoms with Crippen molar-refractivity contribution in [3.05, 3.63) is 93.1 Å². The van der Waals surface area contributed by atoms with E-state index in [1.807, 2.05) is 4.90 Å². The number of aromatic nitrogens is 1. The van der Waals surface area contributed by atoms with Gasteiger partial charge in [-0.15, -0.1) is 0 Å². The second-order valence-corrected chi connectivity index (χ2v) is 8.00. The van der Waals surface area contributed by atoms with Crippen molar-refractivity contribution < 1.29 is 9.59 Å². The number of nitrogens with one attached hydrogen (secondary N) is 2. The molecule has 0 radical (unpaired) electrons. The summed E-state index contributed by atoms with van der Waals surface area (Å²) in [7, 11) is 0. The van der Waals surface area contributed by atoms with Gasteiger partial charge < -0.3 is 10.2 Å². The quantitative estimate of drug-likeness (QED) is 0.221. The lowest BCUT2D eigenvalue weighted by molar-refractivity contribution is 0.0992. The number of hydrogen-bond donors (Lipinski definition) is 2. The van der Waals surface area contributed by atoms with Gasteiger partial charge in [-0.3, -0.25) is 15.0 Å². The van der Waals surface area contributed by atoms with Crippen LogP contribution in [0.3, 0.4) is 0 Å². The molecule has 164 valence electrons. The summed E-state index contributed by atoms with van der Waals surface area (Å²) in [5.74, 6) is 0.260. The van der Waals surface area contributed by atoms with E-state index in [0.717, 1.165) is 18.7 Å². The van der Waals surface area contributed by atoms with Crippen molar-refractivity contribution in [2.75, 3.05) is 18.4 Å². The van der Waals surface area contributed by atoms with Gasteiger partial charge in [0.05, 0.1) is 5.02 Å². The summed E-state index contributed by atoms with van der Waals surface area (Å²) in [5.41, 5.74) is 2.15. The molecule has 4 rings (SSSR count). The van der Waals surface area contributed by atoms with Crippen molar-refractivity contribution >= 4 is 46.5 Å². The molecule has 1 fully saturated rings. The summed E-state index contributed by atoms with van der Waals surface area (Å²) in [4.78, 5) is 31.6. The molecule has 1 saturated heterocycles. The molecule has 2 N–H and O–H groups in total. The van der Waals surface area contributed by atoms with E-state index >= 15 is 0 Å². The normalized spacial score (nSPS) is 12.0. The van der Waals surface area contributed by atoms with Crippen molar-refractivity contribution in [1.82, 2.24) is 9.88 Å². The number of benzene rings is 2. The minimum atomic E-state index is -0.414. The van der Waals surface area contributed by atoms with E-state index in [-0.39, 0.29) is 19.6 Å². The summed E-state index contributed by atoms with van der Waals surface area (Å²) in [5, 5.41) is 11.6. The standard InChI is InChI=1S/C23H18Cl2N4O2.CH4/c24-17-6-5-16(19(12-17)23(31)28-21-8-7-18(25)13-27-21)11-20(30)14-1-3-15(4-2-14)22(26)29-9-10-29;/h1-8,12-13,26H,9-11H2,(H,27,28,31);1H4. The molecule has 8 heteroatoms. The number of carbonyl (C=O) groups is 2. The molecule has 1 amide bonds. The van der Waals surface area contributed by atoms with E-state index in [2.05, 4.69) is 10.3 Å². The third-order valence-corrected chi connectivity index (χ3v) is 5.34. The van der Waals surface area contributed by atoms with Crippen molar-refractivity contribution in [3.63, 3.8) is 0 Å². The number of rotatable bonds is 6. The number of carbonyl (C=O) groups excluding carboxylic acids is 2. The number of hydrogen-bond acceptors (Lipinski definition) is 4. The van der Waals surface area contributed by atoms with E-state index in [4.69, 9.17) is 28.6 Å². The van der Waals surface area contributed by atoms with Crippen LogP contribution in [0.25, 0.3) is 0 Å². The fourth-order valence-electron chi connectivity index (χ4n) is 3.09. The highest BCUT2D eigenvalue weighted by atomic mass is 35.5. The average Bonchev–Trinajstić information content (AvgIpc) is 3.61. The van der Waals surface area contributed by atoms with E-state index in [1.54, 1.807) is 48.5 Å². The Balaban J connectivity index is 0.00000289. The summed E-state index contributed by atoms with van der Waals surface area (Å²) in [6.45, 7) is 1.79. The fourth-order valence-corrected chi connectivity index (χ4v) is 3.38. The lowest BCUT2D eigenvalue weighted by Gasteiger charge is -2.11. The molecule has 0 saturated carbocycles. The SMILES string of the molecule is C.N=C(c1ccc(C(=O)Cc2ccc(Cl)cc2C(=O)Nc2ccc(Cl)cn2)cc1)N1CC1. The number of anilines is 1. The number of Topliss-reactive ketones (excluding diaryl/α,β-unsaturated/α-hetero) is 1. The van der Waals surface area contributed by atoms with E-state index in [9.17, 15) is 9.59 Å². The molecule has 2 heterocycles. The van der Waals surface area contributed by atoms with E-state index < -0.39 is 5.91 Å². The second kappa shape index (κ2) is 9.94. The van der Waals surface area contributed by atoms with Crippen LogP contribution in [-0.2, 0) is 6.42 Å². The van der Waals surface area contributed by atoms with Crippen LogP contribution in [0, 0.1) is 5.41 Å². The Morgan fingerprint density at radius 2 is 1.62 bits per heavy atom. The van der Waals surface area contributed by atoms with Gasteiger partial charge in [-0.25, -0.2) is 4.98 Å². The highest BCUT2D eigenvalue weighted by Crippen LogP contribution is 2.21. The second-order valence-electron chi connectivity index (χ2n) is 7.13. The Hall–Kier alpha value is -3.22. The third-order valence-electron chi connectivity index (χ3n) is 4.88. The topological polar surface area (TPSA) is 85.9 Å². The smallest absolute Gasteiger partial charge is 0.257 e. The first-order valence-corrected chi connectivity index (χ1v) is 10.3. The molecule has 1 aromatic heterocycles. The zero-order valence-electron chi connectivity index (χ0n) is 16.4. The van der Waals surface area contributed by atoms with Crippen molar-refractivity contribution in [2.24, 2.45) is 0 Å². The zero-order valence-corrected chi connectivity index (χ0v) is 17.9. The number of halogens is 2. The predicted molar refractivity (Wildman–Crippen MR) is 128 cm³/mol. The summed E-state index contributed by atoms with van der Waals surface area (Å²) in [6.07, 6.45) is 1.47. The van der Waals surface area contributed by atoms with Crippen molar-refractivity contribution in [1.29, 1.82) is 5.41 Å². The van der Waals surface area contributed by atoms with E-state index in [1.165, 1.54) is 12.3 Å². The van der Waals surface area contributed by atoms with Gasteiger partial charge >= 0.3 is 0 Å². The lowest BCUT2D eigenvalue weighted by atomic mass is 9.97. The molecule has 1 aliphatic heterocycles. The Labute approximate surface area is 196 Å². The molecule has 0 aliphatic carbocycles. The molecule has 1 aliphatic rings. The molecular weight excluding hydrogens is 447 g/mol. The highest BCUT2D eigenvalue weighted by molar-refractivity contribution is 6.31. The largest absolute Gasteiger partial charge is 0.353 e. The number of ketones is 1. The summed E-state index contributed by atoms with van der Waals surface area (Å²) in [6, 6.07) is 15.0. The summed E-state index contributed by atoms with van der Waals surface area (Å²) >= 11 is 11.9. The molecule has 2 aromatic carbocycles. The van der Waals surface area contributed by atoms with Gasteiger partial charge in [0.2, 0.25) is 0 Å². The maximum atomic E-state index is 12.8. The first-order valence-electron chi connectivity index (χ1n) is 9.59. The number of pyridine rings is 1. The third kappa shape index (κ3) is 5.52. The van der Waals surface area contributed by atoms with Crippen molar-refractivity contribution in [3.8, 4) is 0 Å². The fraction of sp³-hybridized carbons (Fsp3) is 0.167. The van der Waals surface area contributed by atoms with Crippen LogP contribution in [0.1, 0.15) is 39.3 Å². The molecular formula is C24H22Cl2N4O2. The molecule has 0 unspecified atom stereocenters. The van der Waals surface area contributed by atoms with Crippen LogP contribution < -0.4 is 5.32 Å². The van der Waals surface area contributed by atoms with Crippen LogP contribution in [0.4, 0.5) is 5.82 Å². The molecule has 6 nitrogen and oxygen atoms in total. The Kier molecular flexibility index (Phi) is 7.28. The number of amidine groups is 1. The first kappa shape index (κ1) is 23.4. The van der Waals surface area contributed by atoms with Gasteiger partial charge in [-0.1, -0.05) is 61.0 Å². The molecule has 0 bridgehead atoms. The molecule has 0 atom stereocenters. The zero-order chi connectivity index (χ0) is 22.0. The van der Waals surface area contributed by atoms with E-state index in [0.29, 0.717) is 38.4 Å². The van der Waals surface area contributed by atoms with Gasteiger partial charge in [0, 0.05) is 47.4 Å². The summed E-state index contributed by atoms with van der Waals surface area (Å²) < 4.78 is 0. The molecule has 32 heavy (non-hydrogen) atoms. The number of nitrogens with zero attached hydrogens (tertiary/aromatic N) is 2. The predicted octanol–water partition coefficient (Wildman–Crippen LogP) is 5.34. The van der Waals surface area contributed by atoms with Gasteiger partial charge in [0.15, 0.2) is 5.78 Å². The minimum absolute atomic E-state index is 0. The Morgan fingerprint density at radius 3 is 2.25 bits per heavy atom. The Bertz CT molecular complexity index is 1160. The molecule has 0 spiro atoms. The number of amides is 1. The highest BCUT2D eigenvalue weighted by Gasteiger charge is 2.22. The minimum Gasteiger partial charge on any atom is -0.353 e. The van der Waals surface area contributed by atoms with Crippen LogP contribution in [0.15, 0.2) is 60.8 Å². The Morgan fingerprint density at radius 1 is 0.969 bits per heavy atom. The van der Waals surface area contributed by atoms with Crippen LogP contribution >= 0.6 is 23.2 Å². The van der Waals surface area contributed by atoms with Crippen molar-refractivity contribution in [2.45, 2.75) is 13.8 Å². The lowest BCUT2D eigenvalue weighted by Crippen LogP contribution is -2.17. The van der Waals surface area contributed by atoms with Crippen LogP contribution in [-0.4, -0.2) is 40.5 Å². The van der Waals surface area contributed by atoms with Gasteiger partial charge in [-0.05, 0) is 29.8 Å². The average molecular weight is 469 g/mol. The van der Waals surface area contributed by atoms with Gasteiger partial charge in [0.1, 0.15) is 11.7 Å². The monoisotopic (exact) mass is 468 g/mol. The van der Waals surface area contributed by atoms with Gasteiger partial charge in [-0.2, -0.15) is 0 Å². The van der Waals surface area contributed by atoms with Crippen LogP contribution in [0.2, 0.25) is 10.0 Å². The molecule has 3 aromatic rings. The maximum absolute atomic E-state index is 12.8. The van der Waals surface area contributed by atoms with Gasteiger partial charge in [0.25, 0.3) is 5.91 Å². The maximum Gasteiger partial charge on any atom is 0.257 e. The van der Waals surface area contributed by atoms with Crippen LogP contribution in [0.5, 0.6) is 0 Å².